The predicted octanol–water partition coefficient (Wildman–Crippen LogP) is 2.80. The number of nitrogens with one attached hydrogen (secondary N) is 1. The second-order valence-electron chi connectivity index (χ2n) is 5.34. The summed E-state index contributed by atoms with van der Waals surface area (Å²) < 4.78 is 0. The number of fused-ring (bicyclic) bond motifs is 2. The number of carboxylic acids is 1. The van der Waals surface area contributed by atoms with Gasteiger partial charge in [-0.15, -0.1) is 0 Å². The number of hydrogen-bond donors (Lipinski definition) is 2. The minimum Gasteiger partial charge on any atom is -0.481 e. The van der Waals surface area contributed by atoms with Crippen LogP contribution in [0.2, 0.25) is 5.02 Å². The predicted molar refractivity (Wildman–Crippen MR) is 75.4 cm³/mol. The fourth-order valence-corrected chi connectivity index (χ4v) is 3.50. The first kappa shape index (κ1) is 13.2. The zero-order valence-corrected chi connectivity index (χ0v) is 11.4. The molecule has 2 bridgehead atoms. The Labute approximate surface area is 121 Å². The average Bonchev–Trinajstić information content (AvgIpc) is 2.98. The van der Waals surface area contributed by atoms with E-state index in [0.29, 0.717) is 10.7 Å². The zero-order chi connectivity index (χ0) is 14.3. The second-order valence-corrected chi connectivity index (χ2v) is 5.77. The van der Waals surface area contributed by atoms with Crippen LogP contribution >= 0.6 is 11.6 Å². The van der Waals surface area contributed by atoms with E-state index < -0.39 is 17.8 Å². The summed E-state index contributed by atoms with van der Waals surface area (Å²) in [5.74, 6) is -2.25. The molecule has 4 nitrogen and oxygen atoms in total. The van der Waals surface area contributed by atoms with Crippen LogP contribution in [0, 0.1) is 23.7 Å². The third-order valence-corrected chi connectivity index (χ3v) is 4.37. The number of anilines is 1. The summed E-state index contributed by atoms with van der Waals surface area (Å²) in [5, 5.41) is 12.6. The summed E-state index contributed by atoms with van der Waals surface area (Å²) in [6.45, 7) is 0. The lowest BCUT2D eigenvalue weighted by Gasteiger charge is -2.23. The maximum absolute atomic E-state index is 12.4. The van der Waals surface area contributed by atoms with E-state index in [-0.39, 0.29) is 17.7 Å². The van der Waals surface area contributed by atoms with Crippen LogP contribution in [-0.2, 0) is 9.59 Å². The quantitative estimate of drug-likeness (QED) is 0.842. The number of amides is 1. The Balaban J connectivity index is 1.80. The molecule has 0 aromatic heterocycles. The summed E-state index contributed by atoms with van der Waals surface area (Å²) in [6.07, 6.45) is 4.64. The van der Waals surface area contributed by atoms with E-state index in [1.807, 2.05) is 12.2 Å². The van der Waals surface area contributed by atoms with Crippen molar-refractivity contribution in [2.45, 2.75) is 6.42 Å². The van der Waals surface area contributed by atoms with Crippen molar-refractivity contribution in [3.05, 3.63) is 41.4 Å². The summed E-state index contributed by atoms with van der Waals surface area (Å²) >= 11 is 5.87. The highest BCUT2D eigenvalue weighted by molar-refractivity contribution is 6.30. The van der Waals surface area contributed by atoms with E-state index in [0.717, 1.165) is 6.42 Å². The summed E-state index contributed by atoms with van der Waals surface area (Å²) in [5.41, 5.74) is 0.596. The number of rotatable bonds is 3. The molecule has 1 saturated carbocycles. The summed E-state index contributed by atoms with van der Waals surface area (Å²) in [7, 11) is 0. The fraction of sp³-hybridized carbons (Fsp3) is 0.333. The summed E-state index contributed by atoms with van der Waals surface area (Å²) in [6, 6.07) is 6.85. The topological polar surface area (TPSA) is 66.4 Å². The average molecular weight is 292 g/mol. The Morgan fingerprint density at radius 3 is 2.55 bits per heavy atom. The van der Waals surface area contributed by atoms with E-state index in [2.05, 4.69) is 5.32 Å². The maximum Gasteiger partial charge on any atom is 0.307 e. The van der Waals surface area contributed by atoms with Crippen molar-refractivity contribution in [1.29, 1.82) is 0 Å². The molecule has 20 heavy (non-hydrogen) atoms. The number of carbonyl (C=O) groups is 2. The first-order valence-corrected chi connectivity index (χ1v) is 6.91. The highest BCUT2D eigenvalue weighted by atomic mass is 35.5. The van der Waals surface area contributed by atoms with Crippen LogP contribution in [0.25, 0.3) is 0 Å². The Kier molecular flexibility index (Phi) is 3.26. The van der Waals surface area contributed by atoms with Gasteiger partial charge in [-0.05, 0) is 36.5 Å². The van der Waals surface area contributed by atoms with Crippen molar-refractivity contribution in [1.82, 2.24) is 0 Å². The van der Waals surface area contributed by atoms with Gasteiger partial charge in [-0.25, -0.2) is 0 Å². The van der Waals surface area contributed by atoms with Crippen LogP contribution < -0.4 is 5.32 Å². The van der Waals surface area contributed by atoms with Crippen LogP contribution in [0.4, 0.5) is 5.69 Å². The normalized spacial score (nSPS) is 30.4. The van der Waals surface area contributed by atoms with Crippen molar-refractivity contribution >= 4 is 29.2 Å². The third-order valence-electron chi connectivity index (χ3n) is 4.14. The molecule has 0 aliphatic heterocycles. The molecule has 1 amide bonds. The lowest BCUT2D eigenvalue weighted by Crippen LogP contribution is -2.36. The van der Waals surface area contributed by atoms with E-state index in [9.17, 15) is 14.7 Å². The zero-order valence-electron chi connectivity index (χ0n) is 10.6. The molecule has 0 unspecified atom stereocenters. The molecule has 2 N–H and O–H groups in total. The number of hydrogen-bond acceptors (Lipinski definition) is 2. The molecule has 1 aromatic carbocycles. The number of carboxylic acid groups (broad SMARTS) is 1. The smallest absolute Gasteiger partial charge is 0.307 e. The van der Waals surface area contributed by atoms with Gasteiger partial charge in [0, 0.05) is 10.7 Å². The lowest BCUT2D eigenvalue weighted by molar-refractivity contribution is -0.146. The molecular formula is C15H14ClNO3. The van der Waals surface area contributed by atoms with Gasteiger partial charge < -0.3 is 10.4 Å². The molecule has 2 aliphatic rings. The van der Waals surface area contributed by atoms with Gasteiger partial charge in [-0.2, -0.15) is 0 Å². The van der Waals surface area contributed by atoms with Crippen molar-refractivity contribution in [2.75, 3.05) is 5.32 Å². The molecule has 4 atom stereocenters. The molecule has 1 fully saturated rings. The standard InChI is InChI=1S/C15H14ClNO3/c16-10-2-1-3-11(7-10)17-14(18)12-8-4-5-9(6-8)13(12)15(19)20/h1-5,7-9,12-13H,6H2,(H,17,18)(H,19,20)/t8-,9-,12-,13-/m0/s1. The van der Waals surface area contributed by atoms with Crippen molar-refractivity contribution in [3.63, 3.8) is 0 Å². The maximum atomic E-state index is 12.4. The highest BCUT2D eigenvalue weighted by Crippen LogP contribution is 2.48. The van der Waals surface area contributed by atoms with Crippen molar-refractivity contribution in [3.8, 4) is 0 Å². The Hall–Kier alpha value is -1.81. The van der Waals surface area contributed by atoms with Gasteiger partial charge in [0.1, 0.15) is 0 Å². The molecule has 0 radical (unpaired) electrons. The first-order valence-electron chi connectivity index (χ1n) is 6.54. The van der Waals surface area contributed by atoms with Gasteiger partial charge in [0.2, 0.25) is 5.91 Å². The van der Waals surface area contributed by atoms with Crippen LogP contribution in [0.1, 0.15) is 6.42 Å². The molecule has 0 heterocycles. The molecule has 1 aromatic rings. The van der Waals surface area contributed by atoms with E-state index >= 15 is 0 Å². The first-order chi connectivity index (χ1) is 9.56. The molecule has 5 heteroatoms. The third kappa shape index (κ3) is 2.20. The summed E-state index contributed by atoms with van der Waals surface area (Å²) in [4.78, 5) is 23.8. The number of allylic oxidation sites excluding steroid dienone is 2. The minimum atomic E-state index is -0.895. The van der Waals surface area contributed by atoms with E-state index in [4.69, 9.17) is 11.6 Å². The molecule has 0 saturated heterocycles. The largest absolute Gasteiger partial charge is 0.481 e. The van der Waals surface area contributed by atoms with Crippen LogP contribution in [0.15, 0.2) is 36.4 Å². The molecule has 2 aliphatic carbocycles. The SMILES string of the molecule is O=C(O)[C@@H]1[C@@H](C(=O)Nc2cccc(Cl)c2)[C@H]2C=C[C@H]1C2. The van der Waals surface area contributed by atoms with Gasteiger partial charge >= 0.3 is 5.97 Å². The van der Waals surface area contributed by atoms with Crippen molar-refractivity contribution < 1.29 is 14.7 Å². The lowest BCUT2D eigenvalue weighted by atomic mass is 9.82. The van der Waals surface area contributed by atoms with Crippen molar-refractivity contribution in [2.24, 2.45) is 23.7 Å². The van der Waals surface area contributed by atoms with Gasteiger partial charge in [-0.1, -0.05) is 29.8 Å². The number of carbonyl (C=O) groups excluding carboxylic acids is 1. The molecular weight excluding hydrogens is 278 g/mol. The number of aliphatic carboxylic acids is 1. The number of halogens is 1. The van der Waals surface area contributed by atoms with Gasteiger partial charge in [-0.3, -0.25) is 9.59 Å². The monoisotopic (exact) mass is 291 g/mol. The molecule has 104 valence electrons. The Morgan fingerprint density at radius 1 is 1.20 bits per heavy atom. The highest BCUT2D eigenvalue weighted by Gasteiger charge is 2.51. The van der Waals surface area contributed by atoms with Gasteiger partial charge in [0.25, 0.3) is 0 Å². The Morgan fingerprint density at radius 2 is 1.90 bits per heavy atom. The molecule has 3 rings (SSSR count). The van der Waals surface area contributed by atoms with Crippen LogP contribution in [-0.4, -0.2) is 17.0 Å². The number of benzene rings is 1. The van der Waals surface area contributed by atoms with E-state index in [1.54, 1.807) is 24.3 Å². The molecule has 0 spiro atoms. The van der Waals surface area contributed by atoms with Crippen LogP contribution in [0.5, 0.6) is 0 Å². The van der Waals surface area contributed by atoms with E-state index in [1.165, 1.54) is 0 Å². The second kappa shape index (κ2) is 4.94. The van der Waals surface area contributed by atoms with Gasteiger partial charge in [0.15, 0.2) is 0 Å². The fourth-order valence-electron chi connectivity index (χ4n) is 3.31. The van der Waals surface area contributed by atoms with Crippen LogP contribution in [0.3, 0.4) is 0 Å². The minimum absolute atomic E-state index is 0.0207. The van der Waals surface area contributed by atoms with Gasteiger partial charge in [0.05, 0.1) is 11.8 Å². The Bertz CT molecular complexity index is 599.